The van der Waals surface area contributed by atoms with Crippen LogP contribution in [0.1, 0.15) is 30.1 Å². The zero-order valence-corrected chi connectivity index (χ0v) is 15.8. The number of amides is 1. The van der Waals surface area contributed by atoms with E-state index >= 15 is 0 Å². The first kappa shape index (κ1) is 20.2. The molecule has 1 aromatic carbocycles. The van der Waals surface area contributed by atoms with Gasteiger partial charge in [-0.15, -0.1) is 6.42 Å². The molecule has 0 radical (unpaired) electrons. The van der Waals surface area contributed by atoms with E-state index < -0.39 is 22.0 Å². The molecule has 0 bridgehead atoms. The van der Waals surface area contributed by atoms with Crippen LogP contribution in [0.2, 0.25) is 0 Å². The molecule has 1 N–H and O–H groups in total. The number of nitrogens with zero attached hydrogens (tertiary/aromatic N) is 1. The highest BCUT2D eigenvalue weighted by Gasteiger charge is 2.30. The normalized spacial score (nSPS) is 16.5. The van der Waals surface area contributed by atoms with E-state index in [9.17, 15) is 13.2 Å². The lowest BCUT2D eigenvalue weighted by atomic mass is 10.1. The molecule has 1 fully saturated rings. The molecule has 8 heteroatoms. The zero-order chi connectivity index (χ0) is 19.2. The fraction of sp³-hybridized carbons (Fsp3) is 0.500. The summed E-state index contributed by atoms with van der Waals surface area (Å²) in [5, 5.41) is 2.74. The Bertz CT molecular complexity index is 779. The van der Waals surface area contributed by atoms with Gasteiger partial charge in [-0.2, -0.15) is 4.31 Å². The maximum Gasteiger partial charge on any atom is 0.252 e. The number of nitrogens with one attached hydrogen (secondary N) is 1. The number of hydrogen-bond acceptors (Lipinski definition) is 5. The average molecular weight is 380 g/mol. The number of terminal acetylenes is 1. The monoisotopic (exact) mass is 380 g/mol. The van der Waals surface area contributed by atoms with Crippen molar-refractivity contribution in [1.29, 1.82) is 0 Å². The summed E-state index contributed by atoms with van der Waals surface area (Å²) >= 11 is 0. The largest absolute Gasteiger partial charge is 0.495 e. The number of methoxy groups -OCH3 is 1. The van der Waals surface area contributed by atoms with Crippen LogP contribution in [0.5, 0.6) is 5.75 Å². The number of sulfonamides is 1. The van der Waals surface area contributed by atoms with Gasteiger partial charge >= 0.3 is 0 Å². The van der Waals surface area contributed by atoms with Crippen molar-refractivity contribution in [3.63, 3.8) is 0 Å². The molecule has 1 aromatic rings. The molecule has 0 aromatic heterocycles. The first-order valence-corrected chi connectivity index (χ1v) is 9.91. The van der Waals surface area contributed by atoms with Crippen LogP contribution in [0.25, 0.3) is 0 Å². The van der Waals surface area contributed by atoms with E-state index in [1.165, 1.54) is 29.6 Å². The SMILES string of the molecule is C#CC(CCC)NC(=O)c1ccc(OC)c(S(=O)(=O)N2CCOCC2)c1. The van der Waals surface area contributed by atoms with E-state index in [0.717, 1.165) is 6.42 Å². The predicted octanol–water partition coefficient (Wildman–Crippen LogP) is 1.25. The van der Waals surface area contributed by atoms with Crippen molar-refractivity contribution < 1.29 is 22.7 Å². The molecule has 0 saturated carbocycles. The molecular formula is C18H24N2O5S. The highest BCUT2D eigenvalue weighted by molar-refractivity contribution is 7.89. The summed E-state index contributed by atoms with van der Waals surface area (Å²) in [6.07, 6.45) is 6.91. The lowest BCUT2D eigenvalue weighted by Crippen LogP contribution is -2.40. The summed E-state index contributed by atoms with van der Waals surface area (Å²) in [6, 6.07) is 3.94. The van der Waals surface area contributed by atoms with E-state index in [4.69, 9.17) is 15.9 Å². The molecule has 26 heavy (non-hydrogen) atoms. The fourth-order valence-electron chi connectivity index (χ4n) is 2.67. The molecule has 142 valence electrons. The van der Waals surface area contributed by atoms with Gasteiger partial charge in [-0.05, 0) is 24.6 Å². The first-order chi connectivity index (χ1) is 12.4. The summed E-state index contributed by atoms with van der Waals surface area (Å²) in [6.45, 7) is 3.16. The standard InChI is InChI=1S/C18H24N2O5S/c1-4-6-15(5-2)19-18(21)14-7-8-16(24-3)17(13-14)26(22,23)20-9-11-25-12-10-20/h2,7-8,13,15H,4,6,9-12H2,1,3H3,(H,19,21). The molecule has 1 amide bonds. The van der Waals surface area contributed by atoms with Gasteiger partial charge in [-0.3, -0.25) is 4.79 Å². The minimum atomic E-state index is -3.80. The summed E-state index contributed by atoms with van der Waals surface area (Å²) < 4.78 is 37.6. The maximum atomic E-state index is 12.9. The molecule has 1 unspecified atom stereocenters. The van der Waals surface area contributed by atoms with Gasteiger partial charge in [0.15, 0.2) is 0 Å². The molecule has 1 heterocycles. The average Bonchev–Trinajstić information content (AvgIpc) is 2.67. The predicted molar refractivity (Wildman–Crippen MR) is 97.6 cm³/mol. The Morgan fingerprint density at radius 1 is 1.42 bits per heavy atom. The van der Waals surface area contributed by atoms with Crippen LogP contribution in [-0.4, -0.2) is 58.1 Å². The van der Waals surface area contributed by atoms with Crippen molar-refractivity contribution in [2.75, 3.05) is 33.4 Å². The molecule has 0 aliphatic carbocycles. The summed E-state index contributed by atoms with van der Waals surface area (Å²) in [5.74, 6) is 2.30. The highest BCUT2D eigenvalue weighted by atomic mass is 32.2. The van der Waals surface area contributed by atoms with Crippen LogP contribution in [0.3, 0.4) is 0 Å². The molecule has 1 aliphatic heterocycles. The fourth-order valence-corrected chi connectivity index (χ4v) is 4.26. The number of hydrogen-bond donors (Lipinski definition) is 1. The second kappa shape index (κ2) is 9.03. The quantitative estimate of drug-likeness (QED) is 0.720. The van der Waals surface area contributed by atoms with Gasteiger partial charge in [0.05, 0.1) is 26.4 Å². The van der Waals surface area contributed by atoms with Crippen molar-refractivity contribution in [1.82, 2.24) is 9.62 Å². The van der Waals surface area contributed by atoms with Crippen LogP contribution in [0, 0.1) is 12.3 Å². The lowest BCUT2D eigenvalue weighted by molar-refractivity contribution is 0.0729. The molecule has 1 saturated heterocycles. The van der Waals surface area contributed by atoms with Gasteiger partial charge in [0.25, 0.3) is 5.91 Å². The van der Waals surface area contributed by atoms with Crippen molar-refractivity contribution in [2.45, 2.75) is 30.7 Å². The minimum absolute atomic E-state index is 0.0395. The molecule has 2 rings (SSSR count). The number of morpholine rings is 1. The summed E-state index contributed by atoms with van der Waals surface area (Å²) in [4.78, 5) is 12.4. The number of benzene rings is 1. The van der Waals surface area contributed by atoms with Gasteiger partial charge in [0.1, 0.15) is 10.6 Å². The van der Waals surface area contributed by atoms with Gasteiger partial charge in [-0.25, -0.2) is 8.42 Å². The third-order valence-electron chi connectivity index (χ3n) is 4.10. The van der Waals surface area contributed by atoms with Crippen molar-refractivity contribution in [2.24, 2.45) is 0 Å². The van der Waals surface area contributed by atoms with E-state index in [2.05, 4.69) is 11.2 Å². The molecule has 1 aliphatic rings. The summed E-state index contributed by atoms with van der Waals surface area (Å²) in [5.41, 5.74) is 0.217. The van der Waals surface area contributed by atoms with Crippen molar-refractivity contribution in [3.8, 4) is 18.1 Å². The third kappa shape index (κ3) is 4.55. The highest BCUT2D eigenvalue weighted by Crippen LogP contribution is 2.28. The van der Waals surface area contributed by atoms with Crippen LogP contribution in [0.15, 0.2) is 23.1 Å². The smallest absolute Gasteiger partial charge is 0.252 e. The Labute approximate surface area is 154 Å². The van der Waals surface area contributed by atoms with Crippen molar-refractivity contribution in [3.05, 3.63) is 23.8 Å². The molecule has 7 nitrogen and oxygen atoms in total. The Hall–Kier alpha value is -2.08. The maximum absolute atomic E-state index is 12.9. The van der Waals surface area contributed by atoms with Crippen LogP contribution < -0.4 is 10.1 Å². The summed E-state index contributed by atoms with van der Waals surface area (Å²) in [7, 11) is -2.41. The topological polar surface area (TPSA) is 84.9 Å². The van der Waals surface area contributed by atoms with Crippen molar-refractivity contribution >= 4 is 15.9 Å². The van der Waals surface area contributed by atoms with E-state index in [1.807, 2.05) is 6.92 Å². The number of ether oxygens (including phenoxy) is 2. The van der Waals surface area contributed by atoms with E-state index in [0.29, 0.717) is 19.6 Å². The van der Waals surface area contributed by atoms with Gasteiger partial charge in [0.2, 0.25) is 10.0 Å². The molecular weight excluding hydrogens is 356 g/mol. The Kier molecular flexibility index (Phi) is 7.03. The Balaban J connectivity index is 2.33. The number of carbonyl (C=O) groups excluding carboxylic acids is 1. The van der Waals surface area contributed by atoms with E-state index in [1.54, 1.807) is 0 Å². The first-order valence-electron chi connectivity index (χ1n) is 8.47. The van der Waals surface area contributed by atoms with Crippen LogP contribution in [0.4, 0.5) is 0 Å². The molecule has 0 spiro atoms. The van der Waals surface area contributed by atoms with Gasteiger partial charge < -0.3 is 14.8 Å². The van der Waals surface area contributed by atoms with E-state index in [-0.39, 0.29) is 29.3 Å². The van der Waals surface area contributed by atoms with Crippen LogP contribution >= 0.6 is 0 Å². The zero-order valence-electron chi connectivity index (χ0n) is 15.0. The molecule has 1 atom stereocenters. The Morgan fingerprint density at radius 3 is 2.69 bits per heavy atom. The Morgan fingerprint density at radius 2 is 2.12 bits per heavy atom. The van der Waals surface area contributed by atoms with Gasteiger partial charge in [0, 0.05) is 18.7 Å². The second-order valence-corrected chi connectivity index (χ2v) is 7.77. The lowest BCUT2D eigenvalue weighted by Gasteiger charge is -2.26. The number of carbonyl (C=O) groups is 1. The van der Waals surface area contributed by atoms with Crippen LogP contribution in [-0.2, 0) is 14.8 Å². The third-order valence-corrected chi connectivity index (χ3v) is 6.02. The number of rotatable bonds is 7. The minimum Gasteiger partial charge on any atom is -0.495 e. The van der Waals surface area contributed by atoms with Gasteiger partial charge in [-0.1, -0.05) is 19.3 Å². The second-order valence-electron chi connectivity index (χ2n) is 5.86.